The molecule has 0 aromatic carbocycles. The number of nitrogens with zero attached hydrogens (tertiary/aromatic N) is 1. The summed E-state index contributed by atoms with van der Waals surface area (Å²) in [4.78, 5) is 3.67. The zero-order valence-electron chi connectivity index (χ0n) is 16.5. The number of allylic oxidation sites excluding steroid dienone is 2. The fourth-order valence-electron chi connectivity index (χ4n) is 2.56. The molecule has 0 rings (SSSR count). The first-order chi connectivity index (χ1) is 10.8. The van der Waals surface area contributed by atoms with Gasteiger partial charge in [0.25, 0.3) is 0 Å². The summed E-state index contributed by atoms with van der Waals surface area (Å²) >= 11 is 0. The molecule has 0 aliphatic rings. The smallest absolute Gasteiger partial charge is 0.227 e. The van der Waals surface area contributed by atoms with Gasteiger partial charge in [0.1, 0.15) is 0 Å². The fourth-order valence-corrected chi connectivity index (χ4v) is 2.56. The summed E-state index contributed by atoms with van der Waals surface area (Å²) in [5, 5.41) is 0. The Balaban J connectivity index is 3.53. The Morgan fingerprint density at radius 3 is 2.13 bits per heavy atom. The summed E-state index contributed by atoms with van der Waals surface area (Å²) < 4.78 is 5.81. The summed E-state index contributed by atoms with van der Waals surface area (Å²) in [6.45, 7) is 21.9. The van der Waals surface area contributed by atoms with Crippen molar-refractivity contribution in [1.82, 2.24) is 0 Å². The van der Waals surface area contributed by atoms with Crippen LogP contribution >= 0.6 is 0 Å². The molecule has 0 aliphatic carbocycles. The van der Waals surface area contributed by atoms with Crippen LogP contribution in [0.3, 0.4) is 0 Å². The van der Waals surface area contributed by atoms with E-state index in [4.69, 9.17) is 11.3 Å². The summed E-state index contributed by atoms with van der Waals surface area (Å²) in [7, 11) is 0. The van der Waals surface area contributed by atoms with Crippen LogP contribution in [0.2, 0.25) is 0 Å². The highest BCUT2D eigenvalue weighted by atomic mass is 16.5. The zero-order valence-corrected chi connectivity index (χ0v) is 16.5. The molecule has 0 aliphatic heterocycles. The van der Waals surface area contributed by atoms with Gasteiger partial charge in [0.05, 0.1) is 0 Å². The minimum atomic E-state index is -0.183. The lowest BCUT2D eigenvalue weighted by molar-refractivity contribution is 0.108. The number of hydrogen-bond acceptors (Lipinski definition) is 1. The summed E-state index contributed by atoms with van der Waals surface area (Å²) in [6.07, 6.45) is 10.5. The van der Waals surface area contributed by atoms with Gasteiger partial charge in [0.2, 0.25) is 5.54 Å². The quantitative estimate of drug-likeness (QED) is 0.210. The van der Waals surface area contributed by atoms with Crippen LogP contribution in [0.25, 0.3) is 4.85 Å². The highest BCUT2D eigenvalue weighted by molar-refractivity contribution is 4.92. The van der Waals surface area contributed by atoms with Gasteiger partial charge >= 0.3 is 0 Å². The van der Waals surface area contributed by atoms with Gasteiger partial charge in [-0.05, 0) is 57.8 Å². The average Bonchev–Trinajstić information content (AvgIpc) is 2.46. The summed E-state index contributed by atoms with van der Waals surface area (Å²) in [5.41, 5.74) is 1.24. The van der Waals surface area contributed by atoms with Gasteiger partial charge in [-0.1, -0.05) is 31.9 Å². The first kappa shape index (κ1) is 22.2. The zero-order chi connectivity index (χ0) is 17.7. The molecule has 23 heavy (non-hydrogen) atoms. The fraction of sp³-hybridized carbons (Fsp3) is 0.857. The van der Waals surface area contributed by atoms with Crippen molar-refractivity contribution in [1.29, 1.82) is 0 Å². The van der Waals surface area contributed by atoms with Crippen LogP contribution in [0.4, 0.5) is 0 Å². The van der Waals surface area contributed by atoms with Crippen LogP contribution in [0.1, 0.15) is 86.5 Å². The minimum absolute atomic E-state index is 0.183. The molecule has 0 N–H and O–H groups in total. The molecule has 134 valence electrons. The van der Waals surface area contributed by atoms with Crippen molar-refractivity contribution in [3.63, 3.8) is 0 Å². The first-order valence-corrected chi connectivity index (χ1v) is 9.36. The third-order valence-corrected chi connectivity index (χ3v) is 4.51. The van der Waals surface area contributed by atoms with E-state index in [0.29, 0.717) is 5.92 Å². The van der Waals surface area contributed by atoms with E-state index in [1.54, 1.807) is 0 Å². The summed E-state index contributed by atoms with van der Waals surface area (Å²) in [5.74, 6) is 1.45. The van der Waals surface area contributed by atoms with Crippen molar-refractivity contribution in [2.45, 2.75) is 92.0 Å². The Kier molecular flexibility index (Phi) is 12.1. The predicted molar refractivity (Wildman–Crippen MR) is 102 cm³/mol. The van der Waals surface area contributed by atoms with Gasteiger partial charge < -0.3 is 9.58 Å². The molecule has 2 nitrogen and oxygen atoms in total. The molecule has 2 atom stereocenters. The molecule has 2 unspecified atom stereocenters. The molecule has 0 saturated carbocycles. The molecule has 0 spiro atoms. The van der Waals surface area contributed by atoms with Gasteiger partial charge in [-0.3, -0.25) is 0 Å². The molecule has 0 heterocycles. The van der Waals surface area contributed by atoms with Crippen LogP contribution < -0.4 is 0 Å². The van der Waals surface area contributed by atoms with Crippen LogP contribution in [0.15, 0.2) is 11.6 Å². The SMILES string of the molecule is [C-]#[N+]C(C)(C)CCCC(C)CCOCCC(C)CCC=C(C)C. The summed E-state index contributed by atoms with van der Waals surface area (Å²) in [6, 6.07) is 0. The molecule has 0 radical (unpaired) electrons. The lowest BCUT2D eigenvalue weighted by Gasteiger charge is -2.15. The van der Waals surface area contributed by atoms with Gasteiger partial charge in [0.15, 0.2) is 0 Å². The third kappa shape index (κ3) is 14.5. The van der Waals surface area contributed by atoms with Crippen molar-refractivity contribution in [2.24, 2.45) is 11.8 Å². The minimum Gasteiger partial charge on any atom is -0.381 e. The molecule has 0 bridgehead atoms. The monoisotopic (exact) mass is 321 g/mol. The van der Waals surface area contributed by atoms with Crippen molar-refractivity contribution in [3.8, 4) is 0 Å². The van der Waals surface area contributed by atoms with E-state index in [0.717, 1.165) is 38.4 Å². The van der Waals surface area contributed by atoms with E-state index >= 15 is 0 Å². The molecule has 0 aromatic heterocycles. The molecular weight excluding hydrogens is 282 g/mol. The Morgan fingerprint density at radius 1 is 1.04 bits per heavy atom. The van der Waals surface area contributed by atoms with E-state index in [1.807, 2.05) is 13.8 Å². The van der Waals surface area contributed by atoms with Crippen molar-refractivity contribution in [3.05, 3.63) is 23.1 Å². The second-order valence-electron chi connectivity index (χ2n) is 8.08. The standard InChI is InChI=1S/C21H39NO/c1-18(2)10-8-11-19(3)13-16-23-17-14-20(4)12-9-15-21(5,6)22-7/h10,19-20H,8-9,11-17H2,1-6H3. The van der Waals surface area contributed by atoms with Gasteiger partial charge in [-0.2, -0.15) is 0 Å². The lowest BCUT2D eigenvalue weighted by Crippen LogP contribution is -2.14. The molecule has 2 heteroatoms. The second-order valence-corrected chi connectivity index (χ2v) is 8.08. The average molecular weight is 322 g/mol. The van der Waals surface area contributed by atoms with Crippen LogP contribution in [-0.4, -0.2) is 18.8 Å². The maximum absolute atomic E-state index is 7.15. The Morgan fingerprint density at radius 2 is 1.61 bits per heavy atom. The first-order valence-electron chi connectivity index (χ1n) is 9.36. The Labute approximate surface area is 145 Å². The van der Waals surface area contributed by atoms with Gasteiger partial charge in [0, 0.05) is 33.5 Å². The maximum Gasteiger partial charge on any atom is 0.227 e. The van der Waals surface area contributed by atoms with E-state index in [-0.39, 0.29) is 5.54 Å². The number of ether oxygens (including phenoxy) is 1. The molecule has 0 aromatic rings. The number of rotatable bonds is 13. The Bertz CT molecular complexity index is 361. The van der Waals surface area contributed by atoms with Crippen LogP contribution in [-0.2, 0) is 4.74 Å². The normalized spacial score (nSPS) is 14.1. The lowest BCUT2D eigenvalue weighted by atomic mass is 9.94. The molecular formula is C21H39NO. The van der Waals surface area contributed by atoms with Crippen LogP contribution in [0, 0.1) is 18.4 Å². The van der Waals surface area contributed by atoms with Gasteiger partial charge in [-0.25, -0.2) is 6.57 Å². The predicted octanol–water partition coefficient (Wildman–Crippen LogP) is 6.67. The van der Waals surface area contributed by atoms with Crippen molar-refractivity contribution >= 4 is 0 Å². The van der Waals surface area contributed by atoms with E-state index in [9.17, 15) is 0 Å². The number of hydrogen-bond donors (Lipinski definition) is 0. The molecule has 0 amide bonds. The topological polar surface area (TPSA) is 13.6 Å². The van der Waals surface area contributed by atoms with E-state index in [2.05, 4.69) is 38.6 Å². The third-order valence-electron chi connectivity index (χ3n) is 4.51. The Hall–Kier alpha value is -0.810. The van der Waals surface area contributed by atoms with Crippen molar-refractivity contribution < 1.29 is 4.74 Å². The van der Waals surface area contributed by atoms with Crippen molar-refractivity contribution in [2.75, 3.05) is 13.2 Å². The second kappa shape index (κ2) is 12.6. The van der Waals surface area contributed by atoms with Crippen LogP contribution in [0.5, 0.6) is 0 Å². The van der Waals surface area contributed by atoms with E-state index in [1.165, 1.54) is 31.3 Å². The highest BCUT2D eigenvalue weighted by Gasteiger charge is 2.21. The van der Waals surface area contributed by atoms with E-state index < -0.39 is 0 Å². The molecule has 0 saturated heterocycles. The maximum atomic E-state index is 7.15. The molecule has 0 fully saturated rings. The highest BCUT2D eigenvalue weighted by Crippen LogP contribution is 2.21. The largest absolute Gasteiger partial charge is 0.381 e. The van der Waals surface area contributed by atoms with Gasteiger partial charge in [-0.15, -0.1) is 0 Å².